The largest absolute Gasteiger partial charge is 0.389 e. The highest BCUT2D eigenvalue weighted by Gasteiger charge is 2.53. The predicted molar refractivity (Wildman–Crippen MR) is 138 cm³/mol. The van der Waals surface area contributed by atoms with Crippen LogP contribution in [0.3, 0.4) is 0 Å². The number of hydrogen-bond acceptors (Lipinski definition) is 4. The van der Waals surface area contributed by atoms with Gasteiger partial charge in [0.05, 0.1) is 6.10 Å². The molecule has 34 heavy (non-hydrogen) atoms. The van der Waals surface area contributed by atoms with Crippen LogP contribution >= 0.6 is 0 Å². The zero-order chi connectivity index (χ0) is 25.4. The molecule has 2 aliphatic carbocycles. The van der Waals surface area contributed by atoms with E-state index in [-0.39, 0.29) is 23.0 Å². The van der Waals surface area contributed by atoms with Crippen molar-refractivity contribution in [2.24, 2.45) is 35.0 Å². The first kappa shape index (κ1) is 27.4. The summed E-state index contributed by atoms with van der Waals surface area (Å²) in [6, 6.07) is 0. The number of aliphatic hydroxyl groups is 2. The van der Waals surface area contributed by atoms with Crippen molar-refractivity contribution >= 4 is 5.78 Å². The second-order valence-corrected chi connectivity index (χ2v) is 12.0. The predicted octanol–water partition coefficient (Wildman–Crippen LogP) is 6.38. The number of carbonyl (C=O) groups is 1. The molecule has 0 bridgehead atoms. The second-order valence-electron chi connectivity index (χ2n) is 12.0. The lowest BCUT2D eigenvalue weighted by atomic mass is 9.55. The van der Waals surface area contributed by atoms with Gasteiger partial charge < -0.3 is 14.9 Å². The monoisotopic (exact) mass is 472 g/mol. The van der Waals surface area contributed by atoms with Crippen molar-refractivity contribution in [3.63, 3.8) is 0 Å². The van der Waals surface area contributed by atoms with E-state index in [9.17, 15) is 15.0 Å². The molecule has 1 aliphatic heterocycles. The molecule has 1 fully saturated rings. The maximum Gasteiger partial charge on any atom is 0.187 e. The molecule has 0 radical (unpaired) electrons. The van der Waals surface area contributed by atoms with Gasteiger partial charge in [0, 0.05) is 11.0 Å². The molecule has 192 valence electrons. The molecule has 1 saturated carbocycles. The molecule has 0 amide bonds. The summed E-state index contributed by atoms with van der Waals surface area (Å²) in [5.41, 5.74) is 3.07. The fourth-order valence-corrected chi connectivity index (χ4v) is 7.20. The van der Waals surface area contributed by atoms with Crippen LogP contribution in [0.25, 0.3) is 0 Å². The molecule has 2 N–H and O–H groups in total. The lowest BCUT2D eigenvalue weighted by Gasteiger charge is -2.52. The molecule has 3 aliphatic rings. The van der Waals surface area contributed by atoms with Crippen LogP contribution in [0.2, 0.25) is 0 Å². The molecule has 0 aromatic carbocycles. The molecule has 4 heteroatoms. The van der Waals surface area contributed by atoms with E-state index in [1.54, 1.807) is 0 Å². The molecule has 0 unspecified atom stereocenters. The van der Waals surface area contributed by atoms with Crippen molar-refractivity contribution in [3.8, 4) is 0 Å². The van der Waals surface area contributed by atoms with Crippen molar-refractivity contribution in [1.82, 2.24) is 0 Å². The fourth-order valence-electron chi connectivity index (χ4n) is 7.20. The van der Waals surface area contributed by atoms with Gasteiger partial charge >= 0.3 is 0 Å². The van der Waals surface area contributed by atoms with Crippen LogP contribution < -0.4 is 0 Å². The number of Topliss-reactive ketones (excluding diaryl/α,β-unsaturated/α-hetero) is 1. The highest BCUT2D eigenvalue weighted by Crippen LogP contribution is 2.57. The van der Waals surface area contributed by atoms with Gasteiger partial charge in [-0.2, -0.15) is 0 Å². The number of ketones is 1. The van der Waals surface area contributed by atoms with Gasteiger partial charge in [-0.1, -0.05) is 59.8 Å². The quantitative estimate of drug-likeness (QED) is 0.382. The summed E-state index contributed by atoms with van der Waals surface area (Å²) in [6.07, 6.45) is 4.63. The zero-order valence-corrected chi connectivity index (χ0v) is 22.4. The van der Waals surface area contributed by atoms with Crippen LogP contribution in [0.1, 0.15) is 92.9 Å². The summed E-state index contributed by atoms with van der Waals surface area (Å²) < 4.78 is 6.08. The van der Waals surface area contributed by atoms with Crippen LogP contribution in [0.15, 0.2) is 35.5 Å². The van der Waals surface area contributed by atoms with Gasteiger partial charge in [0.1, 0.15) is 6.10 Å². The van der Waals surface area contributed by atoms with Crippen molar-refractivity contribution < 1.29 is 19.7 Å². The SMILES string of the molecule is C=C(C)[C@H](C[C@@H]1O[C@@H](O)C2=C(CC[C@H]3C(=C)[C@@H](O)CC[C@]23C)C1=O)[C@H](C)CC[C@H](CC)C(C)C. The first-order valence-electron chi connectivity index (χ1n) is 13.6. The van der Waals surface area contributed by atoms with E-state index >= 15 is 0 Å². The minimum atomic E-state index is -1.07. The Kier molecular flexibility index (Phi) is 8.69. The van der Waals surface area contributed by atoms with E-state index < -0.39 is 18.5 Å². The Bertz CT molecular complexity index is 824. The molecular weight excluding hydrogens is 424 g/mol. The Balaban J connectivity index is 1.78. The van der Waals surface area contributed by atoms with E-state index in [4.69, 9.17) is 4.74 Å². The van der Waals surface area contributed by atoms with Crippen LogP contribution in [0.5, 0.6) is 0 Å². The molecule has 0 aromatic heterocycles. The van der Waals surface area contributed by atoms with Gasteiger partial charge in [-0.15, -0.1) is 0 Å². The van der Waals surface area contributed by atoms with Crippen molar-refractivity contribution in [2.75, 3.05) is 0 Å². The average molecular weight is 473 g/mol. The fraction of sp³-hybridized carbons (Fsp3) is 0.767. The maximum absolute atomic E-state index is 13.7. The summed E-state index contributed by atoms with van der Waals surface area (Å²) in [5.74, 6) is 2.11. The Morgan fingerprint density at radius 1 is 1.21 bits per heavy atom. The van der Waals surface area contributed by atoms with E-state index in [0.717, 1.165) is 47.5 Å². The van der Waals surface area contributed by atoms with Gasteiger partial charge in [0.15, 0.2) is 12.1 Å². The Morgan fingerprint density at radius 2 is 1.88 bits per heavy atom. The van der Waals surface area contributed by atoms with Crippen molar-refractivity contribution in [3.05, 3.63) is 35.5 Å². The van der Waals surface area contributed by atoms with Crippen LogP contribution in [-0.4, -0.2) is 34.5 Å². The normalized spacial score (nSPS) is 34.5. The summed E-state index contributed by atoms with van der Waals surface area (Å²) in [6.45, 7) is 21.7. The van der Waals surface area contributed by atoms with E-state index in [1.165, 1.54) is 12.8 Å². The van der Waals surface area contributed by atoms with E-state index in [2.05, 4.69) is 54.7 Å². The first-order chi connectivity index (χ1) is 15.9. The van der Waals surface area contributed by atoms with Gasteiger partial charge in [-0.3, -0.25) is 4.79 Å². The number of allylic oxidation sites excluding steroid dienone is 1. The Morgan fingerprint density at radius 3 is 2.47 bits per heavy atom. The van der Waals surface area contributed by atoms with Crippen LogP contribution in [-0.2, 0) is 9.53 Å². The number of fused-ring (bicyclic) bond motifs is 2. The Labute approximate surface area is 207 Å². The third-order valence-electron chi connectivity index (χ3n) is 9.58. The molecule has 8 atom stereocenters. The van der Waals surface area contributed by atoms with Crippen molar-refractivity contribution in [2.45, 2.75) is 111 Å². The van der Waals surface area contributed by atoms with Gasteiger partial charge in [-0.05, 0) is 92.6 Å². The minimum Gasteiger partial charge on any atom is -0.389 e. The third-order valence-corrected chi connectivity index (χ3v) is 9.58. The zero-order valence-electron chi connectivity index (χ0n) is 22.4. The van der Waals surface area contributed by atoms with Crippen LogP contribution in [0, 0.1) is 35.0 Å². The topological polar surface area (TPSA) is 66.8 Å². The number of aliphatic hydroxyl groups excluding tert-OH is 2. The van der Waals surface area contributed by atoms with E-state index in [0.29, 0.717) is 31.1 Å². The summed E-state index contributed by atoms with van der Waals surface area (Å²) in [5, 5.41) is 21.5. The molecule has 4 nitrogen and oxygen atoms in total. The number of ether oxygens (including phenoxy) is 1. The maximum atomic E-state index is 13.7. The summed E-state index contributed by atoms with van der Waals surface area (Å²) in [4.78, 5) is 13.7. The molecular formula is C30H48O4. The smallest absolute Gasteiger partial charge is 0.187 e. The summed E-state index contributed by atoms with van der Waals surface area (Å²) in [7, 11) is 0. The first-order valence-corrected chi connectivity index (χ1v) is 13.6. The van der Waals surface area contributed by atoms with Gasteiger partial charge in [0.2, 0.25) is 0 Å². The molecule has 0 spiro atoms. The highest BCUT2D eigenvalue weighted by molar-refractivity contribution is 6.00. The van der Waals surface area contributed by atoms with Crippen molar-refractivity contribution in [1.29, 1.82) is 0 Å². The molecule has 0 aromatic rings. The number of carbonyl (C=O) groups excluding carboxylic acids is 1. The second kappa shape index (κ2) is 10.8. The molecule has 1 heterocycles. The standard InChI is InChI=1S/C30H48O4/c1-9-21(17(2)3)11-10-19(6)23(18(4)5)16-26-28(32)22-12-13-24-20(7)25(31)14-15-30(24,8)27(22)29(33)34-26/h17,19,21,23-26,29,31,33H,4,7,9-16H2,1-3,5-6,8H3/t19-,21+,23+,24+,25+,26+,29-,30+/m1/s1. The molecule has 0 saturated heterocycles. The third kappa shape index (κ3) is 5.15. The van der Waals surface area contributed by atoms with Gasteiger partial charge in [-0.25, -0.2) is 0 Å². The van der Waals surface area contributed by atoms with Crippen LogP contribution in [0.4, 0.5) is 0 Å². The Hall–Kier alpha value is -1.23. The number of hydrogen-bond donors (Lipinski definition) is 2. The van der Waals surface area contributed by atoms with E-state index in [1.807, 2.05) is 0 Å². The lowest BCUT2D eigenvalue weighted by molar-refractivity contribution is -0.163. The highest BCUT2D eigenvalue weighted by atomic mass is 16.6. The van der Waals surface area contributed by atoms with Gasteiger partial charge in [0.25, 0.3) is 0 Å². The number of rotatable bonds is 9. The molecule has 3 rings (SSSR count). The minimum absolute atomic E-state index is 0.0452. The average Bonchev–Trinajstić information content (AvgIpc) is 2.77. The lowest BCUT2D eigenvalue weighted by Crippen LogP contribution is -2.51. The summed E-state index contributed by atoms with van der Waals surface area (Å²) >= 11 is 0.